The van der Waals surface area contributed by atoms with Crippen molar-refractivity contribution in [2.24, 2.45) is 0 Å². The number of esters is 1. The molecule has 2 aliphatic heterocycles. The number of piperazine rings is 1. The molecular weight excluding hydrogens is 427 g/mol. The summed E-state index contributed by atoms with van der Waals surface area (Å²) in [7, 11) is 1.67. The molecule has 30 heavy (non-hydrogen) atoms. The van der Waals surface area contributed by atoms with Crippen molar-refractivity contribution in [1.29, 1.82) is 0 Å². The summed E-state index contributed by atoms with van der Waals surface area (Å²) in [5, 5.41) is 3.76. The smallest absolute Gasteiger partial charge is 0.338 e. The third-order valence-electron chi connectivity index (χ3n) is 5.63. The molecule has 1 saturated heterocycles. The molecule has 164 valence electrons. The highest BCUT2D eigenvalue weighted by Gasteiger charge is 2.38. The van der Waals surface area contributed by atoms with E-state index in [1.807, 2.05) is 0 Å². The molecule has 0 aromatic heterocycles. The first-order valence-electron chi connectivity index (χ1n) is 10.2. The van der Waals surface area contributed by atoms with Crippen LogP contribution in [0.4, 0.5) is 4.79 Å². The van der Waals surface area contributed by atoms with Crippen molar-refractivity contribution in [2.75, 3.05) is 52.9 Å². The van der Waals surface area contributed by atoms with Gasteiger partial charge in [0.15, 0.2) is 0 Å². The number of urea groups is 1. The van der Waals surface area contributed by atoms with E-state index in [2.05, 4.69) is 22.0 Å². The van der Waals surface area contributed by atoms with E-state index in [4.69, 9.17) is 27.9 Å². The van der Waals surface area contributed by atoms with Crippen molar-refractivity contribution in [3.63, 3.8) is 0 Å². The van der Waals surface area contributed by atoms with Crippen molar-refractivity contribution in [1.82, 2.24) is 20.0 Å². The van der Waals surface area contributed by atoms with Crippen LogP contribution in [0.3, 0.4) is 0 Å². The van der Waals surface area contributed by atoms with Gasteiger partial charge in [0.1, 0.15) is 0 Å². The average Bonchev–Trinajstić information content (AvgIpc) is 2.72. The Morgan fingerprint density at radius 2 is 1.83 bits per heavy atom. The predicted octanol–water partition coefficient (Wildman–Crippen LogP) is 3.14. The molecule has 2 amide bonds. The summed E-state index contributed by atoms with van der Waals surface area (Å²) in [6, 6.07) is 4.04. The highest BCUT2D eigenvalue weighted by atomic mass is 35.5. The van der Waals surface area contributed by atoms with Gasteiger partial charge in [-0.15, -0.1) is 0 Å². The molecule has 9 heteroatoms. The van der Waals surface area contributed by atoms with Crippen molar-refractivity contribution < 1.29 is 14.3 Å². The molecule has 0 spiro atoms. The average molecular weight is 455 g/mol. The number of rotatable bonds is 6. The first-order chi connectivity index (χ1) is 14.3. The molecule has 1 aromatic carbocycles. The summed E-state index contributed by atoms with van der Waals surface area (Å²) in [4.78, 5) is 31.9. The maximum absolute atomic E-state index is 13.0. The topological polar surface area (TPSA) is 65.1 Å². The zero-order valence-corrected chi connectivity index (χ0v) is 19.1. The second-order valence-electron chi connectivity index (χ2n) is 7.40. The zero-order chi connectivity index (χ0) is 21.8. The number of carbonyl (C=O) groups is 2. The number of carbonyl (C=O) groups excluding carboxylic acids is 2. The fourth-order valence-corrected chi connectivity index (χ4v) is 4.36. The number of amides is 2. The third-order valence-corrected chi connectivity index (χ3v) is 6.19. The molecule has 0 aliphatic carbocycles. The van der Waals surface area contributed by atoms with Crippen molar-refractivity contribution in [2.45, 2.75) is 19.9 Å². The molecule has 0 saturated carbocycles. The van der Waals surface area contributed by atoms with Gasteiger partial charge in [-0.1, -0.05) is 36.2 Å². The Morgan fingerprint density at radius 1 is 1.17 bits per heavy atom. The van der Waals surface area contributed by atoms with Crippen LogP contribution in [0.1, 0.15) is 25.5 Å². The number of ether oxygens (including phenoxy) is 1. The number of nitrogens with zero attached hydrogens (tertiary/aromatic N) is 3. The maximum Gasteiger partial charge on any atom is 0.338 e. The Kier molecular flexibility index (Phi) is 7.63. The van der Waals surface area contributed by atoms with Crippen molar-refractivity contribution >= 4 is 35.2 Å². The van der Waals surface area contributed by atoms with E-state index in [1.165, 1.54) is 4.90 Å². The van der Waals surface area contributed by atoms with Gasteiger partial charge < -0.3 is 15.0 Å². The van der Waals surface area contributed by atoms with E-state index in [0.717, 1.165) is 32.7 Å². The number of likely N-dealkylation sites (N-methyl/N-ethyl adjacent to an activating group) is 2. The fraction of sp³-hybridized carbons (Fsp3) is 0.524. The third kappa shape index (κ3) is 4.91. The monoisotopic (exact) mass is 454 g/mol. The molecule has 7 nitrogen and oxygen atoms in total. The van der Waals surface area contributed by atoms with Gasteiger partial charge >= 0.3 is 12.0 Å². The minimum absolute atomic E-state index is 0.240. The Morgan fingerprint density at radius 3 is 2.43 bits per heavy atom. The SMILES string of the molecule is CCOC(=O)C1=C(CN2CCN(CC)CC2)N(C)C(=O)N[C@H]1c1ccc(Cl)cc1Cl. The Labute approximate surface area is 187 Å². The van der Waals surface area contributed by atoms with Gasteiger partial charge in [-0.3, -0.25) is 9.80 Å². The summed E-state index contributed by atoms with van der Waals surface area (Å²) in [5.74, 6) is -0.456. The van der Waals surface area contributed by atoms with E-state index in [-0.39, 0.29) is 12.6 Å². The molecule has 0 unspecified atom stereocenters. The molecule has 1 fully saturated rings. The first kappa shape index (κ1) is 22.9. The number of hydrogen-bond acceptors (Lipinski definition) is 5. The zero-order valence-electron chi connectivity index (χ0n) is 17.6. The van der Waals surface area contributed by atoms with Crippen LogP contribution in [0.15, 0.2) is 29.5 Å². The quantitative estimate of drug-likeness (QED) is 0.668. The van der Waals surface area contributed by atoms with E-state index in [1.54, 1.807) is 32.2 Å². The number of benzene rings is 1. The Balaban J connectivity index is 2.01. The van der Waals surface area contributed by atoms with Gasteiger partial charge in [-0.2, -0.15) is 0 Å². The molecule has 1 atom stereocenters. The van der Waals surface area contributed by atoms with Crippen molar-refractivity contribution in [3.8, 4) is 0 Å². The Bertz CT molecular complexity index is 838. The van der Waals surface area contributed by atoms with Gasteiger partial charge in [0, 0.05) is 55.5 Å². The number of halogens is 2. The summed E-state index contributed by atoms with van der Waals surface area (Å²) in [6.45, 7) is 9.31. The Hall–Kier alpha value is -1.80. The molecule has 2 aliphatic rings. The molecule has 1 N–H and O–H groups in total. The van der Waals surface area contributed by atoms with E-state index < -0.39 is 12.0 Å². The van der Waals surface area contributed by atoms with Crippen LogP contribution in [-0.4, -0.2) is 79.6 Å². The van der Waals surface area contributed by atoms with Gasteiger partial charge in [-0.05, 0) is 31.2 Å². The molecule has 0 radical (unpaired) electrons. The number of nitrogens with one attached hydrogen (secondary N) is 1. The summed E-state index contributed by atoms with van der Waals surface area (Å²) in [5.41, 5.74) is 1.65. The van der Waals surface area contributed by atoms with Crippen LogP contribution in [0, 0.1) is 0 Å². The van der Waals surface area contributed by atoms with Gasteiger partial charge in [0.05, 0.1) is 18.2 Å². The lowest BCUT2D eigenvalue weighted by Gasteiger charge is -2.39. The second kappa shape index (κ2) is 10.0. The van der Waals surface area contributed by atoms with Crippen LogP contribution < -0.4 is 5.32 Å². The summed E-state index contributed by atoms with van der Waals surface area (Å²) in [6.07, 6.45) is 0. The predicted molar refractivity (Wildman–Crippen MR) is 118 cm³/mol. The normalized spacial score (nSPS) is 21.0. The van der Waals surface area contributed by atoms with Crippen LogP contribution in [0.25, 0.3) is 0 Å². The number of hydrogen-bond donors (Lipinski definition) is 1. The summed E-state index contributed by atoms with van der Waals surface area (Å²) >= 11 is 12.5. The van der Waals surface area contributed by atoms with E-state index in [0.29, 0.717) is 33.4 Å². The second-order valence-corrected chi connectivity index (χ2v) is 8.24. The van der Waals surface area contributed by atoms with Gasteiger partial charge in [0.25, 0.3) is 0 Å². The van der Waals surface area contributed by atoms with Crippen LogP contribution >= 0.6 is 23.2 Å². The lowest BCUT2D eigenvalue weighted by atomic mass is 9.94. The lowest BCUT2D eigenvalue weighted by Crippen LogP contribution is -2.52. The highest BCUT2D eigenvalue weighted by molar-refractivity contribution is 6.35. The standard InChI is InChI=1S/C21H28Cl2N4O3/c1-4-26-8-10-27(11-9-26)13-17-18(20(28)30-5-2)19(24-21(29)25(17)3)15-7-6-14(22)12-16(15)23/h6-7,12,19H,4-5,8-11,13H2,1-3H3,(H,24,29)/t19-/m0/s1. The minimum atomic E-state index is -0.704. The molecule has 0 bridgehead atoms. The van der Waals surface area contributed by atoms with Crippen LogP contribution in [0.2, 0.25) is 10.0 Å². The lowest BCUT2D eigenvalue weighted by molar-refractivity contribution is -0.139. The first-order valence-corrected chi connectivity index (χ1v) is 10.9. The minimum Gasteiger partial charge on any atom is -0.463 e. The van der Waals surface area contributed by atoms with Crippen LogP contribution in [-0.2, 0) is 9.53 Å². The molecule has 1 aromatic rings. The summed E-state index contributed by atoms with van der Waals surface area (Å²) < 4.78 is 5.36. The fourth-order valence-electron chi connectivity index (χ4n) is 3.84. The van der Waals surface area contributed by atoms with E-state index in [9.17, 15) is 9.59 Å². The molecule has 2 heterocycles. The maximum atomic E-state index is 13.0. The van der Waals surface area contributed by atoms with Crippen molar-refractivity contribution in [3.05, 3.63) is 45.1 Å². The van der Waals surface area contributed by atoms with E-state index >= 15 is 0 Å². The van der Waals surface area contributed by atoms with Gasteiger partial charge in [0.2, 0.25) is 0 Å². The molecular formula is C21H28Cl2N4O3. The highest BCUT2D eigenvalue weighted by Crippen LogP contribution is 2.36. The molecule has 3 rings (SSSR count). The van der Waals surface area contributed by atoms with Crippen LogP contribution in [0.5, 0.6) is 0 Å². The largest absolute Gasteiger partial charge is 0.463 e. The van der Waals surface area contributed by atoms with Gasteiger partial charge in [-0.25, -0.2) is 9.59 Å².